The number of hydrogen-bond donors (Lipinski definition) is 1. The van der Waals surface area contributed by atoms with E-state index in [-0.39, 0.29) is 17.0 Å². The van der Waals surface area contributed by atoms with E-state index in [2.05, 4.69) is 0 Å². The summed E-state index contributed by atoms with van der Waals surface area (Å²) in [6.07, 6.45) is 1.53. The van der Waals surface area contributed by atoms with E-state index in [1.165, 1.54) is 23.3 Å². The van der Waals surface area contributed by atoms with Gasteiger partial charge in [-0.25, -0.2) is 4.79 Å². The molecule has 2 aromatic rings. The Morgan fingerprint density at radius 2 is 1.84 bits per heavy atom. The average molecular weight is 259 g/mol. The molecular weight excluding hydrogens is 246 g/mol. The van der Waals surface area contributed by atoms with E-state index in [4.69, 9.17) is 9.52 Å². The number of carboxylic acid groups (broad SMARTS) is 1. The van der Waals surface area contributed by atoms with Crippen LogP contribution in [-0.4, -0.2) is 28.9 Å². The molecule has 0 atom stereocenters. The molecule has 0 radical (unpaired) electrons. The molecule has 98 valence electrons. The average Bonchev–Trinajstić information content (AvgIpc) is 2.90. The lowest BCUT2D eigenvalue weighted by Crippen LogP contribution is -2.27. The number of carbonyl (C=O) groups excluding carboxylic acids is 1. The molecule has 1 aromatic heterocycles. The highest BCUT2D eigenvalue weighted by molar-refractivity contribution is 6.04. The highest BCUT2D eigenvalue weighted by Crippen LogP contribution is 2.13. The number of rotatable bonds is 4. The molecule has 5 nitrogen and oxygen atoms in total. The van der Waals surface area contributed by atoms with Crippen molar-refractivity contribution in [3.8, 4) is 0 Å². The van der Waals surface area contributed by atoms with Gasteiger partial charge in [-0.2, -0.15) is 0 Å². The smallest absolute Gasteiger partial charge is 0.336 e. The standard InChI is InChI=1S/C14H13NO4/c1-15(9-10-5-4-8-19-10)13(16)11-6-2-3-7-12(11)14(17)18/h2-8H,9H2,1H3,(H,17,18). The van der Waals surface area contributed by atoms with Crippen molar-refractivity contribution < 1.29 is 19.1 Å². The molecule has 0 bridgehead atoms. The van der Waals surface area contributed by atoms with Gasteiger partial charge in [-0.15, -0.1) is 0 Å². The fraction of sp³-hybridized carbons (Fsp3) is 0.143. The van der Waals surface area contributed by atoms with E-state index >= 15 is 0 Å². The first-order valence-corrected chi connectivity index (χ1v) is 5.69. The zero-order valence-corrected chi connectivity index (χ0v) is 10.4. The molecule has 1 heterocycles. The van der Waals surface area contributed by atoms with E-state index in [9.17, 15) is 9.59 Å². The Balaban J connectivity index is 2.22. The zero-order chi connectivity index (χ0) is 13.8. The van der Waals surface area contributed by atoms with E-state index < -0.39 is 5.97 Å². The van der Waals surface area contributed by atoms with Crippen LogP contribution in [0.5, 0.6) is 0 Å². The first-order chi connectivity index (χ1) is 9.09. The fourth-order valence-corrected chi connectivity index (χ4v) is 1.77. The number of benzene rings is 1. The Morgan fingerprint density at radius 1 is 1.16 bits per heavy atom. The van der Waals surface area contributed by atoms with Crippen molar-refractivity contribution >= 4 is 11.9 Å². The number of carbonyl (C=O) groups is 2. The monoisotopic (exact) mass is 259 g/mol. The molecule has 0 spiro atoms. The third kappa shape index (κ3) is 2.82. The summed E-state index contributed by atoms with van der Waals surface area (Å²) in [4.78, 5) is 24.7. The first kappa shape index (κ1) is 12.9. The van der Waals surface area contributed by atoms with E-state index in [0.29, 0.717) is 12.3 Å². The summed E-state index contributed by atoms with van der Waals surface area (Å²) in [5.41, 5.74) is 0.169. The second-order valence-corrected chi connectivity index (χ2v) is 4.09. The molecule has 0 unspecified atom stereocenters. The Bertz CT molecular complexity index is 589. The van der Waals surface area contributed by atoms with Crippen LogP contribution in [0.4, 0.5) is 0 Å². The molecule has 1 amide bonds. The third-order valence-electron chi connectivity index (χ3n) is 2.71. The second-order valence-electron chi connectivity index (χ2n) is 4.09. The van der Waals surface area contributed by atoms with Crippen molar-refractivity contribution in [2.45, 2.75) is 6.54 Å². The van der Waals surface area contributed by atoms with Gasteiger partial charge in [0.1, 0.15) is 5.76 Å². The van der Waals surface area contributed by atoms with Gasteiger partial charge in [-0.05, 0) is 24.3 Å². The van der Waals surface area contributed by atoms with Crippen LogP contribution in [-0.2, 0) is 6.54 Å². The molecule has 1 aromatic carbocycles. The summed E-state index contributed by atoms with van der Waals surface area (Å²) in [5.74, 6) is -0.826. The van der Waals surface area contributed by atoms with Gasteiger partial charge in [0, 0.05) is 7.05 Å². The maximum absolute atomic E-state index is 12.2. The summed E-state index contributed by atoms with van der Waals surface area (Å²) in [6, 6.07) is 9.64. The van der Waals surface area contributed by atoms with Crippen LogP contribution in [0, 0.1) is 0 Å². The second kappa shape index (κ2) is 5.39. The van der Waals surface area contributed by atoms with Crippen molar-refractivity contribution in [3.63, 3.8) is 0 Å². The highest BCUT2D eigenvalue weighted by Gasteiger charge is 2.19. The quantitative estimate of drug-likeness (QED) is 0.914. The minimum atomic E-state index is -1.12. The lowest BCUT2D eigenvalue weighted by Gasteiger charge is -2.16. The third-order valence-corrected chi connectivity index (χ3v) is 2.71. The van der Waals surface area contributed by atoms with Crippen molar-refractivity contribution in [2.24, 2.45) is 0 Å². The Kier molecular flexibility index (Phi) is 3.66. The van der Waals surface area contributed by atoms with Crippen LogP contribution in [0.3, 0.4) is 0 Å². The summed E-state index contributed by atoms with van der Waals surface area (Å²) >= 11 is 0. The molecule has 0 aliphatic heterocycles. The normalized spacial score (nSPS) is 10.2. The van der Waals surface area contributed by atoms with E-state index in [1.807, 2.05) is 0 Å². The van der Waals surface area contributed by atoms with Crippen molar-refractivity contribution in [1.82, 2.24) is 4.90 Å². The Hall–Kier alpha value is -2.56. The fourth-order valence-electron chi connectivity index (χ4n) is 1.77. The molecule has 0 aliphatic rings. The van der Waals surface area contributed by atoms with Crippen LogP contribution < -0.4 is 0 Å². The molecular formula is C14H13NO4. The Labute approximate surface area is 110 Å². The van der Waals surface area contributed by atoms with Gasteiger partial charge >= 0.3 is 5.97 Å². The lowest BCUT2D eigenvalue weighted by molar-refractivity contribution is 0.0679. The van der Waals surface area contributed by atoms with Gasteiger partial charge < -0.3 is 14.4 Å². The van der Waals surface area contributed by atoms with Gasteiger partial charge in [-0.3, -0.25) is 4.79 Å². The largest absolute Gasteiger partial charge is 0.478 e. The van der Waals surface area contributed by atoms with Gasteiger partial charge in [0.25, 0.3) is 5.91 Å². The summed E-state index contributed by atoms with van der Waals surface area (Å²) < 4.78 is 5.16. The van der Waals surface area contributed by atoms with Gasteiger partial charge in [0.2, 0.25) is 0 Å². The minimum Gasteiger partial charge on any atom is -0.478 e. The van der Waals surface area contributed by atoms with Crippen LogP contribution in [0.2, 0.25) is 0 Å². The molecule has 2 rings (SSSR count). The molecule has 5 heteroatoms. The zero-order valence-electron chi connectivity index (χ0n) is 10.4. The number of carboxylic acids is 1. The highest BCUT2D eigenvalue weighted by atomic mass is 16.4. The number of amides is 1. The topological polar surface area (TPSA) is 70.8 Å². The molecule has 1 N–H and O–H groups in total. The summed E-state index contributed by atoms with van der Waals surface area (Å²) in [5, 5.41) is 9.06. The van der Waals surface area contributed by atoms with Crippen LogP contribution in [0.15, 0.2) is 47.1 Å². The van der Waals surface area contributed by atoms with E-state index in [0.717, 1.165) is 0 Å². The predicted molar refractivity (Wildman–Crippen MR) is 67.9 cm³/mol. The number of nitrogens with zero attached hydrogens (tertiary/aromatic N) is 1. The van der Waals surface area contributed by atoms with Crippen LogP contribution >= 0.6 is 0 Å². The number of furan rings is 1. The van der Waals surface area contributed by atoms with E-state index in [1.54, 1.807) is 31.3 Å². The molecule has 19 heavy (non-hydrogen) atoms. The lowest BCUT2D eigenvalue weighted by atomic mass is 10.1. The maximum Gasteiger partial charge on any atom is 0.336 e. The molecule has 0 saturated carbocycles. The molecule has 0 saturated heterocycles. The first-order valence-electron chi connectivity index (χ1n) is 5.69. The van der Waals surface area contributed by atoms with Crippen molar-refractivity contribution in [3.05, 3.63) is 59.5 Å². The Morgan fingerprint density at radius 3 is 2.42 bits per heavy atom. The number of hydrogen-bond acceptors (Lipinski definition) is 3. The van der Waals surface area contributed by atoms with Crippen LogP contribution in [0.25, 0.3) is 0 Å². The van der Waals surface area contributed by atoms with Gasteiger partial charge in [-0.1, -0.05) is 12.1 Å². The minimum absolute atomic E-state index is 0.00112. The van der Waals surface area contributed by atoms with Gasteiger partial charge in [0.05, 0.1) is 23.9 Å². The summed E-state index contributed by atoms with van der Waals surface area (Å²) in [7, 11) is 1.60. The summed E-state index contributed by atoms with van der Waals surface area (Å²) in [6.45, 7) is 0.291. The van der Waals surface area contributed by atoms with Gasteiger partial charge in [0.15, 0.2) is 0 Å². The molecule has 0 fully saturated rings. The predicted octanol–water partition coefficient (Wildman–Crippen LogP) is 2.25. The maximum atomic E-state index is 12.2. The SMILES string of the molecule is CN(Cc1ccco1)C(=O)c1ccccc1C(=O)O. The van der Waals surface area contributed by atoms with Crippen LogP contribution in [0.1, 0.15) is 26.5 Å². The molecule has 0 aliphatic carbocycles. The van der Waals surface area contributed by atoms with Crippen molar-refractivity contribution in [2.75, 3.05) is 7.05 Å². The van der Waals surface area contributed by atoms with Crippen molar-refractivity contribution in [1.29, 1.82) is 0 Å². The number of aromatic carboxylic acids is 1.